The lowest BCUT2D eigenvalue weighted by Gasteiger charge is -2.29. The molecule has 0 radical (unpaired) electrons. The molecule has 1 N–H and O–H groups in total. The van der Waals surface area contributed by atoms with Crippen molar-refractivity contribution in [1.82, 2.24) is 4.90 Å². The van der Waals surface area contributed by atoms with Gasteiger partial charge in [0.15, 0.2) is 6.61 Å². The molecule has 0 heterocycles. The zero-order chi connectivity index (χ0) is 20.0. The molecule has 0 aliphatic rings. The lowest BCUT2D eigenvalue weighted by molar-refractivity contribution is -0.136. The first-order chi connectivity index (χ1) is 12.8. The minimum Gasteiger partial charge on any atom is -0.484 e. The zero-order valence-electron chi connectivity index (χ0n) is 17.0. The minimum atomic E-state index is -0.740. The van der Waals surface area contributed by atoms with Crippen molar-refractivity contribution in [2.24, 2.45) is 0 Å². The van der Waals surface area contributed by atoms with Crippen molar-refractivity contribution in [2.75, 3.05) is 13.7 Å². The summed E-state index contributed by atoms with van der Waals surface area (Å²) in [6.07, 6.45) is 0.314. The first kappa shape index (κ1) is 21.0. The number of benzene rings is 2. The molecule has 4 nitrogen and oxygen atoms in total. The van der Waals surface area contributed by atoms with Crippen molar-refractivity contribution in [2.45, 2.75) is 51.7 Å². The number of rotatable bonds is 8. The lowest BCUT2D eigenvalue weighted by atomic mass is 9.82. The standard InChI is InChI=1S/C23H31NO3/c1-6-23(3,4)19-12-14-20(15-13-19)27-16-21(25)24(5)17(2)22(26)18-10-8-7-9-11-18/h7-15,17,22,26H,6,16H2,1-5H3. The number of aliphatic hydroxyl groups is 1. The van der Waals surface area contributed by atoms with Crippen LogP contribution in [-0.4, -0.2) is 35.6 Å². The van der Waals surface area contributed by atoms with E-state index in [-0.39, 0.29) is 24.0 Å². The van der Waals surface area contributed by atoms with Crippen molar-refractivity contribution < 1.29 is 14.6 Å². The first-order valence-corrected chi connectivity index (χ1v) is 9.48. The van der Waals surface area contributed by atoms with E-state index in [2.05, 4.69) is 32.9 Å². The number of nitrogens with zero attached hydrogens (tertiary/aromatic N) is 1. The van der Waals surface area contributed by atoms with Gasteiger partial charge in [0.2, 0.25) is 0 Å². The van der Waals surface area contributed by atoms with Crippen molar-refractivity contribution in [1.29, 1.82) is 0 Å². The molecule has 0 bridgehead atoms. The number of likely N-dealkylation sites (N-methyl/N-ethyl adjacent to an activating group) is 1. The van der Waals surface area contributed by atoms with Crippen molar-refractivity contribution in [3.05, 3.63) is 65.7 Å². The summed E-state index contributed by atoms with van der Waals surface area (Å²) in [5, 5.41) is 10.5. The average molecular weight is 370 g/mol. The Labute approximate surface area is 162 Å². The van der Waals surface area contributed by atoms with E-state index in [1.165, 1.54) is 10.5 Å². The molecule has 1 amide bonds. The van der Waals surface area contributed by atoms with Gasteiger partial charge in [0.05, 0.1) is 12.1 Å². The fourth-order valence-electron chi connectivity index (χ4n) is 2.82. The van der Waals surface area contributed by atoms with Crippen LogP contribution in [-0.2, 0) is 10.2 Å². The quantitative estimate of drug-likeness (QED) is 0.753. The van der Waals surface area contributed by atoms with Gasteiger partial charge in [-0.3, -0.25) is 4.79 Å². The van der Waals surface area contributed by atoms with Gasteiger partial charge in [-0.1, -0.05) is 63.2 Å². The second kappa shape index (κ2) is 9.05. The van der Waals surface area contributed by atoms with Crippen molar-refractivity contribution in [3.63, 3.8) is 0 Å². The van der Waals surface area contributed by atoms with Crippen LogP contribution in [0.25, 0.3) is 0 Å². The van der Waals surface area contributed by atoms with Gasteiger partial charge in [-0.25, -0.2) is 0 Å². The third-order valence-corrected chi connectivity index (χ3v) is 5.48. The van der Waals surface area contributed by atoms with Gasteiger partial charge in [-0.05, 0) is 42.0 Å². The Kier molecular flexibility index (Phi) is 7.03. The Morgan fingerprint density at radius 2 is 1.70 bits per heavy atom. The summed E-state index contributed by atoms with van der Waals surface area (Å²) in [5.41, 5.74) is 2.16. The van der Waals surface area contributed by atoms with Crippen LogP contribution in [0.3, 0.4) is 0 Å². The number of amides is 1. The summed E-state index contributed by atoms with van der Waals surface area (Å²) in [5.74, 6) is 0.499. The Bertz CT molecular complexity index is 725. The van der Waals surface area contributed by atoms with E-state index < -0.39 is 6.10 Å². The molecule has 2 unspecified atom stereocenters. The monoisotopic (exact) mass is 369 g/mol. The van der Waals surface area contributed by atoms with E-state index in [1.54, 1.807) is 7.05 Å². The summed E-state index contributed by atoms with van der Waals surface area (Å²) in [7, 11) is 1.69. The largest absolute Gasteiger partial charge is 0.484 e. The van der Waals surface area contributed by atoms with E-state index in [4.69, 9.17) is 4.74 Å². The lowest BCUT2D eigenvalue weighted by Crippen LogP contribution is -2.41. The van der Waals surface area contributed by atoms with Crippen molar-refractivity contribution >= 4 is 5.91 Å². The number of hydrogen-bond acceptors (Lipinski definition) is 3. The molecule has 0 aliphatic heterocycles. The number of carbonyl (C=O) groups excluding carboxylic acids is 1. The number of aliphatic hydroxyl groups excluding tert-OH is 1. The predicted octanol–water partition coefficient (Wildman–Crippen LogP) is 4.33. The molecule has 0 saturated heterocycles. The molecule has 146 valence electrons. The van der Waals surface area contributed by atoms with Gasteiger partial charge in [0, 0.05) is 7.05 Å². The SMILES string of the molecule is CCC(C)(C)c1ccc(OCC(=O)N(C)C(C)C(O)c2ccccc2)cc1. The Hall–Kier alpha value is -2.33. The highest BCUT2D eigenvalue weighted by Crippen LogP contribution is 2.28. The number of hydrogen-bond donors (Lipinski definition) is 1. The molecule has 0 aliphatic carbocycles. The zero-order valence-corrected chi connectivity index (χ0v) is 17.0. The molecule has 0 spiro atoms. The van der Waals surface area contributed by atoms with E-state index in [0.717, 1.165) is 12.0 Å². The van der Waals surface area contributed by atoms with E-state index in [9.17, 15) is 9.90 Å². The van der Waals surface area contributed by atoms with Crippen LogP contribution in [0, 0.1) is 0 Å². The maximum atomic E-state index is 12.5. The molecule has 2 aromatic carbocycles. The van der Waals surface area contributed by atoms with Crippen LogP contribution in [0.5, 0.6) is 5.75 Å². The van der Waals surface area contributed by atoms with Crippen LogP contribution >= 0.6 is 0 Å². The molecule has 0 fully saturated rings. The maximum absolute atomic E-state index is 12.5. The van der Waals surface area contributed by atoms with Gasteiger partial charge in [-0.2, -0.15) is 0 Å². The fourth-order valence-corrected chi connectivity index (χ4v) is 2.82. The van der Waals surface area contributed by atoms with Crippen molar-refractivity contribution in [3.8, 4) is 5.75 Å². The molecular weight excluding hydrogens is 338 g/mol. The molecular formula is C23H31NO3. The van der Waals surface area contributed by atoms with Crippen LogP contribution in [0.15, 0.2) is 54.6 Å². The smallest absolute Gasteiger partial charge is 0.260 e. The van der Waals surface area contributed by atoms with Gasteiger partial charge in [-0.15, -0.1) is 0 Å². The Balaban J connectivity index is 1.93. The Morgan fingerprint density at radius 1 is 1.11 bits per heavy atom. The second-order valence-electron chi connectivity index (χ2n) is 7.65. The molecule has 4 heteroatoms. The van der Waals surface area contributed by atoms with Gasteiger partial charge in [0.1, 0.15) is 5.75 Å². The summed E-state index contributed by atoms with van der Waals surface area (Å²) in [4.78, 5) is 14.0. The van der Waals surface area contributed by atoms with Gasteiger partial charge < -0.3 is 14.7 Å². The summed E-state index contributed by atoms with van der Waals surface area (Å²) >= 11 is 0. The second-order valence-corrected chi connectivity index (χ2v) is 7.65. The molecule has 2 aromatic rings. The topological polar surface area (TPSA) is 49.8 Å². The predicted molar refractivity (Wildman–Crippen MR) is 109 cm³/mol. The average Bonchev–Trinajstić information content (AvgIpc) is 2.71. The minimum absolute atomic E-state index is 0.0567. The summed E-state index contributed by atoms with van der Waals surface area (Å²) in [6, 6.07) is 16.9. The van der Waals surface area contributed by atoms with E-state index in [0.29, 0.717) is 5.75 Å². The molecule has 0 saturated carbocycles. The Morgan fingerprint density at radius 3 is 2.26 bits per heavy atom. The third-order valence-electron chi connectivity index (χ3n) is 5.48. The molecule has 0 aromatic heterocycles. The highest BCUT2D eigenvalue weighted by molar-refractivity contribution is 5.77. The van der Waals surface area contributed by atoms with Gasteiger partial charge in [0.25, 0.3) is 5.91 Å². The third kappa shape index (κ3) is 5.33. The summed E-state index contributed by atoms with van der Waals surface area (Å²) in [6.45, 7) is 8.36. The maximum Gasteiger partial charge on any atom is 0.260 e. The van der Waals surface area contributed by atoms with Crippen LogP contribution in [0.2, 0.25) is 0 Å². The van der Waals surface area contributed by atoms with Crippen LogP contribution in [0.4, 0.5) is 0 Å². The van der Waals surface area contributed by atoms with E-state index >= 15 is 0 Å². The summed E-state index contributed by atoms with van der Waals surface area (Å²) < 4.78 is 5.65. The molecule has 27 heavy (non-hydrogen) atoms. The highest BCUT2D eigenvalue weighted by atomic mass is 16.5. The normalized spacial score (nSPS) is 13.7. The number of carbonyl (C=O) groups is 1. The first-order valence-electron chi connectivity index (χ1n) is 9.48. The molecule has 2 rings (SSSR count). The fraction of sp³-hybridized carbons (Fsp3) is 0.435. The van der Waals surface area contributed by atoms with Gasteiger partial charge >= 0.3 is 0 Å². The highest BCUT2D eigenvalue weighted by Gasteiger charge is 2.24. The van der Waals surface area contributed by atoms with E-state index in [1.807, 2.05) is 49.4 Å². The number of ether oxygens (including phenoxy) is 1. The van der Waals surface area contributed by atoms with Crippen LogP contribution < -0.4 is 4.74 Å². The molecule has 2 atom stereocenters. The van der Waals surface area contributed by atoms with Crippen LogP contribution in [0.1, 0.15) is 51.3 Å².